The number of carbonyl (C=O) groups is 1. The predicted octanol–water partition coefficient (Wildman–Crippen LogP) is 1.89. The van der Waals surface area contributed by atoms with Crippen molar-refractivity contribution < 1.29 is 22.5 Å². The molecule has 0 aliphatic carbocycles. The molecule has 1 amide bonds. The molecule has 1 rings (SSSR count). The van der Waals surface area contributed by atoms with Gasteiger partial charge in [-0.25, -0.2) is 9.35 Å². The third-order valence-corrected chi connectivity index (χ3v) is 4.52. The van der Waals surface area contributed by atoms with E-state index in [-0.39, 0.29) is 16.6 Å². The molecule has 0 aliphatic heterocycles. The Kier molecular flexibility index (Phi) is 6.39. The molecule has 1 unspecified atom stereocenters. The highest BCUT2D eigenvalue weighted by molar-refractivity contribution is 7.91. The summed E-state index contributed by atoms with van der Waals surface area (Å²) in [7, 11) is -3.58. The van der Waals surface area contributed by atoms with Crippen LogP contribution < -0.4 is 15.6 Å². The van der Waals surface area contributed by atoms with E-state index in [0.29, 0.717) is 6.42 Å². The Balaban J connectivity index is 3.10. The van der Waals surface area contributed by atoms with Crippen LogP contribution in [0.1, 0.15) is 20.3 Å². The van der Waals surface area contributed by atoms with E-state index < -0.39 is 28.5 Å². The van der Waals surface area contributed by atoms with Gasteiger partial charge in [-0.15, -0.1) is 4.36 Å². The van der Waals surface area contributed by atoms with E-state index in [4.69, 9.17) is 10.9 Å². The van der Waals surface area contributed by atoms with Crippen LogP contribution in [0.2, 0.25) is 0 Å². The lowest BCUT2D eigenvalue weighted by atomic mass is 10.00. The molecule has 9 heteroatoms. The monoisotopic (exact) mass is 335 g/mol. The zero-order valence-electron chi connectivity index (χ0n) is 12.2. The molecule has 0 saturated heterocycles. The average molecular weight is 335 g/mol. The maximum atomic E-state index is 12.3. The summed E-state index contributed by atoms with van der Waals surface area (Å²) in [6.45, 7) is 0.581. The number of hydrogen-bond donors (Lipinski definition) is 2. The zero-order valence-corrected chi connectivity index (χ0v) is 13.1. The Hall–Kier alpha value is -1.58. The maximum absolute atomic E-state index is 12.3. The summed E-state index contributed by atoms with van der Waals surface area (Å²) in [4.78, 5) is 11.8. The third kappa shape index (κ3) is 5.00. The van der Waals surface area contributed by atoms with Gasteiger partial charge in [0.15, 0.2) is 0 Å². The summed E-state index contributed by atoms with van der Waals surface area (Å²) in [5.74, 6) is -1.17. The Morgan fingerprint density at radius 3 is 2.64 bits per heavy atom. The lowest BCUT2D eigenvalue weighted by molar-refractivity contribution is -0.119. The molecule has 0 saturated carbocycles. The Labute approximate surface area is 128 Å². The van der Waals surface area contributed by atoms with Crippen LogP contribution in [0.3, 0.4) is 0 Å². The molecule has 4 N–H and O–H groups in total. The average Bonchev–Trinajstić information content (AvgIpc) is 2.44. The molecule has 3 atom stereocenters. The molecule has 0 radical (unpaired) electrons. The van der Waals surface area contributed by atoms with Gasteiger partial charge in [0.1, 0.15) is 15.7 Å². The normalized spacial score (nSPS) is 16.7. The highest BCUT2D eigenvalue weighted by Gasteiger charge is 2.21. The van der Waals surface area contributed by atoms with E-state index >= 15 is 0 Å². The standard InChI is InChI=1S/C13H19F2N3O3S/c1-3-8(2)11(16)12(19)18-22(17,20)10-6-4-5-9(7-10)21-13(14)15/h4-8,11,13H,3,16H2,1-2H3,(H2,17,18,19,20)/t8-,11-,22?/m0/s1. The number of benzene rings is 1. The van der Waals surface area contributed by atoms with Crippen molar-refractivity contribution in [1.82, 2.24) is 0 Å². The second kappa shape index (κ2) is 7.61. The van der Waals surface area contributed by atoms with Crippen molar-refractivity contribution in [3.63, 3.8) is 0 Å². The number of amides is 1. The fourth-order valence-electron chi connectivity index (χ4n) is 1.58. The molecular weight excluding hydrogens is 316 g/mol. The van der Waals surface area contributed by atoms with Crippen molar-refractivity contribution in [2.24, 2.45) is 21.2 Å². The quantitative estimate of drug-likeness (QED) is 0.827. The first-order valence-corrected chi connectivity index (χ1v) is 8.14. The van der Waals surface area contributed by atoms with Crippen LogP contribution in [0.5, 0.6) is 5.75 Å². The molecule has 22 heavy (non-hydrogen) atoms. The van der Waals surface area contributed by atoms with Gasteiger partial charge in [0.2, 0.25) is 0 Å². The van der Waals surface area contributed by atoms with Gasteiger partial charge in [-0.3, -0.25) is 4.79 Å². The van der Waals surface area contributed by atoms with Crippen LogP contribution in [0.25, 0.3) is 0 Å². The molecule has 0 fully saturated rings. The fourth-order valence-corrected chi connectivity index (χ4v) is 2.63. The number of ether oxygens (including phenoxy) is 1. The van der Waals surface area contributed by atoms with Crippen molar-refractivity contribution >= 4 is 15.8 Å². The number of carbonyl (C=O) groups excluding carboxylic acids is 1. The van der Waals surface area contributed by atoms with Gasteiger partial charge in [-0.05, 0) is 24.1 Å². The number of alkyl halides is 2. The van der Waals surface area contributed by atoms with Crippen LogP contribution >= 0.6 is 0 Å². The van der Waals surface area contributed by atoms with Crippen molar-refractivity contribution in [2.75, 3.05) is 0 Å². The molecule has 0 bridgehead atoms. The highest BCUT2D eigenvalue weighted by Crippen LogP contribution is 2.20. The van der Waals surface area contributed by atoms with E-state index in [0.717, 1.165) is 6.07 Å². The molecule has 0 aliphatic rings. The van der Waals surface area contributed by atoms with Gasteiger partial charge in [0.25, 0.3) is 5.91 Å². The maximum Gasteiger partial charge on any atom is 0.387 e. The minimum atomic E-state index is -3.58. The summed E-state index contributed by atoms with van der Waals surface area (Å²) in [6.07, 6.45) is 0.645. The highest BCUT2D eigenvalue weighted by atomic mass is 32.2. The van der Waals surface area contributed by atoms with Crippen LogP contribution in [0.15, 0.2) is 33.5 Å². The lowest BCUT2D eigenvalue weighted by Crippen LogP contribution is -2.36. The number of nitrogens with zero attached hydrogens (tertiary/aromatic N) is 1. The minimum absolute atomic E-state index is 0.0876. The summed E-state index contributed by atoms with van der Waals surface area (Å²) < 4.78 is 44.3. The summed E-state index contributed by atoms with van der Waals surface area (Å²) in [5.41, 5.74) is 5.70. The summed E-state index contributed by atoms with van der Waals surface area (Å²) >= 11 is 0. The summed E-state index contributed by atoms with van der Waals surface area (Å²) in [6, 6.07) is 4.02. The van der Waals surface area contributed by atoms with Crippen molar-refractivity contribution in [1.29, 1.82) is 0 Å². The molecule has 124 valence electrons. The van der Waals surface area contributed by atoms with Crippen LogP contribution in [-0.2, 0) is 14.7 Å². The van der Waals surface area contributed by atoms with E-state index in [1.165, 1.54) is 18.2 Å². The Bertz CT molecular complexity index is 645. The Morgan fingerprint density at radius 1 is 1.45 bits per heavy atom. The predicted molar refractivity (Wildman–Crippen MR) is 78.5 cm³/mol. The van der Waals surface area contributed by atoms with E-state index in [1.807, 2.05) is 6.92 Å². The number of rotatable bonds is 6. The van der Waals surface area contributed by atoms with Crippen molar-refractivity contribution in [3.8, 4) is 5.75 Å². The lowest BCUT2D eigenvalue weighted by Gasteiger charge is -2.15. The first-order chi connectivity index (χ1) is 10.2. The second-order valence-electron chi connectivity index (χ2n) is 4.76. The minimum Gasteiger partial charge on any atom is -0.435 e. The van der Waals surface area contributed by atoms with Crippen molar-refractivity contribution in [2.45, 2.75) is 37.8 Å². The smallest absolute Gasteiger partial charge is 0.387 e. The molecule has 1 aromatic rings. The van der Waals surface area contributed by atoms with E-state index in [9.17, 15) is 17.8 Å². The molecule has 6 nitrogen and oxygen atoms in total. The van der Waals surface area contributed by atoms with Gasteiger partial charge in [-0.2, -0.15) is 8.78 Å². The molecule has 0 spiro atoms. The third-order valence-electron chi connectivity index (χ3n) is 3.14. The zero-order chi connectivity index (χ0) is 16.9. The van der Waals surface area contributed by atoms with E-state index in [1.54, 1.807) is 6.92 Å². The van der Waals surface area contributed by atoms with Gasteiger partial charge in [0, 0.05) is 0 Å². The summed E-state index contributed by atoms with van der Waals surface area (Å²) in [5, 5.41) is 5.56. The molecule has 1 aromatic carbocycles. The number of hydrogen-bond acceptors (Lipinski definition) is 4. The topological polar surface area (TPSA) is 108 Å². The second-order valence-corrected chi connectivity index (χ2v) is 6.55. The Morgan fingerprint density at radius 2 is 2.09 bits per heavy atom. The SMILES string of the molecule is CC[C@H](C)[C@H](N)C(=O)N=S(N)(=O)c1cccc(OC(F)F)c1. The van der Waals surface area contributed by atoms with Crippen LogP contribution in [0.4, 0.5) is 8.78 Å². The molecule has 0 heterocycles. The van der Waals surface area contributed by atoms with Crippen LogP contribution in [-0.4, -0.2) is 22.8 Å². The van der Waals surface area contributed by atoms with Gasteiger partial charge >= 0.3 is 6.61 Å². The fraction of sp³-hybridized carbons (Fsp3) is 0.462. The number of nitrogens with two attached hydrogens (primary N) is 2. The molecule has 0 aromatic heterocycles. The van der Waals surface area contributed by atoms with Gasteiger partial charge < -0.3 is 10.5 Å². The van der Waals surface area contributed by atoms with Crippen LogP contribution in [0, 0.1) is 5.92 Å². The molecular formula is C13H19F2N3O3S. The first-order valence-electron chi connectivity index (χ1n) is 6.56. The van der Waals surface area contributed by atoms with Crippen molar-refractivity contribution in [3.05, 3.63) is 24.3 Å². The van der Waals surface area contributed by atoms with E-state index in [2.05, 4.69) is 9.10 Å². The van der Waals surface area contributed by atoms with Gasteiger partial charge in [-0.1, -0.05) is 26.3 Å². The number of halogens is 2. The largest absolute Gasteiger partial charge is 0.435 e. The van der Waals surface area contributed by atoms with Gasteiger partial charge in [0.05, 0.1) is 10.9 Å². The first kappa shape index (κ1) is 18.5.